The minimum Gasteiger partial charge on any atom is -0.384 e. The van der Waals surface area contributed by atoms with Crippen molar-refractivity contribution in [2.24, 2.45) is 0 Å². The number of nitrogens with two attached hydrogens (primary N) is 1. The van der Waals surface area contributed by atoms with E-state index < -0.39 is 0 Å². The van der Waals surface area contributed by atoms with Gasteiger partial charge in [0, 0.05) is 48.3 Å². The van der Waals surface area contributed by atoms with Crippen LogP contribution < -0.4 is 16.6 Å². The van der Waals surface area contributed by atoms with Crippen LogP contribution in [-0.2, 0) is 13.1 Å². The molecule has 3 N–H and O–H groups in total. The molecule has 0 radical (unpaired) electrons. The Balaban J connectivity index is 1.51. The Labute approximate surface area is 182 Å². The molecule has 0 bridgehead atoms. The summed E-state index contributed by atoms with van der Waals surface area (Å²) < 4.78 is 1.51. The molecule has 0 atom stereocenters. The molecular weight excluding hydrogens is 416 g/mol. The maximum Gasteiger partial charge on any atom is 0.253 e. The molecule has 4 rings (SSSR count). The average Bonchev–Trinajstić information content (AvgIpc) is 2.74. The first-order chi connectivity index (χ1) is 14.9. The van der Waals surface area contributed by atoms with E-state index >= 15 is 0 Å². The van der Waals surface area contributed by atoms with Crippen LogP contribution in [0.5, 0.6) is 0 Å². The monoisotopic (exact) mass is 434 g/mol. The number of carbonyl (C=O) groups is 1. The zero-order valence-electron chi connectivity index (χ0n) is 16.7. The van der Waals surface area contributed by atoms with Gasteiger partial charge in [0.1, 0.15) is 5.82 Å². The molecule has 0 fully saturated rings. The van der Waals surface area contributed by atoms with E-state index in [1.165, 1.54) is 16.8 Å². The summed E-state index contributed by atoms with van der Waals surface area (Å²) in [4.78, 5) is 37.5. The number of pyridine rings is 4. The lowest BCUT2D eigenvalue weighted by Gasteiger charge is -2.10. The van der Waals surface area contributed by atoms with E-state index in [0.29, 0.717) is 34.2 Å². The SMILES string of the molecule is Cc1cc(N)ncc1CNC(=O)c1ccnc(Cn2cc3cc(Cl)cnc3cc2=O)c1. The van der Waals surface area contributed by atoms with Crippen LogP contribution in [-0.4, -0.2) is 25.4 Å². The summed E-state index contributed by atoms with van der Waals surface area (Å²) in [6.45, 7) is 2.45. The third kappa shape index (κ3) is 4.70. The van der Waals surface area contributed by atoms with Crippen molar-refractivity contribution in [3.05, 3.63) is 92.9 Å². The number of amides is 1. The molecule has 31 heavy (non-hydrogen) atoms. The summed E-state index contributed by atoms with van der Waals surface area (Å²) in [6.07, 6.45) is 6.38. The Hall–Kier alpha value is -3.78. The van der Waals surface area contributed by atoms with Crippen molar-refractivity contribution in [3.63, 3.8) is 0 Å². The van der Waals surface area contributed by atoms with Crippen LogP contribution in [0.3, 0.4) is 0 Å². The van der Waals surface area contributed by atoms with E-state index in [9.17, 15) is 9.59 Å². The van der Waals surface area contributed by atoms with Gasteiger partial charge in [-0.1, -0.05) is 11.6 Å². The topological polar surface area (TPSA) is 116 Å². The zero-order chi connectivity index (χ0) is 22.0. The minimum atomic E-state index is -0.248. The maximum absolute atomic E-state index is 12.6. The Morgan fingerprint density at radius 2 is 2.00 bits per heavy atom. The summed E-state index contributed by atoms with van der Waals surface area (Å²) >= 11 is 6.00. The van der Waals surface area contributed by atoms with Crippen molar-refractivity contribution in [3.8, 4) is 0 Å². The molecule has 8 nitrogen and oxygen atoms in total. The molecule has 0 saturated carbocycles. The molecule has 0 aromatic carbocycles. The highest BCUT2D eigenvalue weighted by molar-refractivity contribution is 6.31. The lowest BCUT2D eigenvalue weighted by Crippen LogP contribution is -2.24. The number of carbonyl (C=O) groups excluding carboxylic acids is 1. The normalized spacial score (nSPS) is 10.9. The molecule has 0 saturated heterocycles. The van der Waals surface area contributed by atoms with Gasteiger partial charge >= 0.3 is 0 Å². The lowest BCUT2D eigenvalue weighted by atomic mass is 10.1. The van der Waals surface area contributed by atoms with Gasteiger partial charge in [0.2, 0.25) is 0 Å². The zero-order valence-corrected chi connectivity index (χ0v) is 17.4. The number of hydrogen-bond acceptors (Lipinski definition) is 6. The van der Waals surface area contributed by atoms with Crippen molar-refractivity contribution in [2.75, 3.05) is 5.73 Å². The summed E-state index contributed by atoms with van der Waals surface area (Å²) in [5.74, 6) is 0.190. The van der Waals surface area contributed by atoms with Gasteiger partial charge < -0.3 is 15.6 Å². The summed E-state index contributed by atoms with van der Waals surface area (Å²) in [5.41, 5.74) is 8.88. The van der Waals surface area contributed by atoms with Crippen LogP contribution in [0, 0.1) is 6.92 Å². The van der Waals surface area contributed by atoms with Crippen LogP contribution in [0.15, 0.2) is 59.9 Å². The molecule has 0 aliphatic heterocycles. The minimum absolute atomic E-state index is 0.212. The van der Waals surface area contributed by atoms with E-state index in [4.69, 9.17) is 17.3 Å². The van der Waals surface area contributed by atoms with Crippen molar-refractivity contribution in [1.82, 2.24) is 24.8 Å². The van der Waals surface area contributed by atoms with Crippen LogP contribution >= 0.6 is 11.6 Å². The smallest absolute Gasteiger partial charge is 0.253 e. The molecule has 0 unspecified atom stereocenters. The quantitative estimate of drug-likeness (QED) is 0.499. The van der Waals surface area contributed by atoms with Crippen LogP contribution in [0.2, 0.25) is 5.02 Å². The number of anilines is 1. The van der Waals surface area contributed by atoms with Gasteiger partial charge in [0.05, 0.1) is 22.8 Å². The van der Waals surface area contributed by atoms with E-state index in [1.807, 2.05) is 6.92 Å². The number of hydrogen-bond donors (Lipinski definition) is 2. The van der Waals surface area contributed by atoms with Crippen molar-refractivity contribution < 1.29 is 4.79 Å². The van der Waals surface area contributed by atoms with Gasteiger partial charge in [-0.3, -0.25) is 19.6 Å². The Kier molecular flexibility index (Phi) is 5.64. The second kappa shape index (κ2) is 8.53. The fourth-order valence-corrected chi connectivity index (χ4v) is 3.36. The predicted octanol–water partition coefficient (Wildman–Crippen LogP) is 2.71. The number of fused-ring (bicyclic) bond motifs is 1. The second-order valence-corrected chi connectivity index (χ2v) is 7.56. The van der Waals surface area contributed by atoms with Gasteiger partial charge in [-0.15, -0.1) is 0 Å². The Morgan fingerprint density at radius 1 is 1.16 bits per heavy atom. The number of nitrogens with one attached hydrogen (secondary N) is 1. The van der Waals surface area contributed by atoms with Gasteiger partial charge in [-0.05, 0) is 42.3 Å². The first-order valence-electron chi connectivity index (χ1n) is 9.49. The number of halogens is 1. The van der Waals surface area contributed by atoms with Crippen molar-refractivity contribution >= 4 is 34.2 Å². The standard InChI is InChI=1S/C22H19ClN6O2/c1-13-4-20(24)27-8-16(13)9-28-22(31)14-2-3-25-18(6-14)12-29-11-15-5-17(23)10-26-19(15)7-21(29)30/h2-8,10-11H,9,12H2,1H3,(H2,24,27)(H,28,31). The third-order valence-electron chi connectivity index (χ3n) is 4.85. The molecule has 9 heteroatoms. The van der Waals surface area contributed by atoms with E-state index in [0.717, 1.165) is 16.5 Å². The number of nitrogen functional groups attached to an aromatic ring is 1. The molecule has 0 spiro atoms. The van der Waals surface area contributed by atoms with Crippen LogP contribution in [0.1, 0.15) is 27.2 Å². The largest absolute Gasteiger partial charge is 0.384 e. The highest BCUT2D eigenvalue weighted by Crippen LogP contribution is 2.15. The van der Waals surface area contributed by atoms with E-state index in [2.05, 4.69) is 20.3 Å². The van der Waals surface area contributed by atoms with Gasteiger partial charge in [0.15, 0.2) is 0 Å². The van der Waals surface area contributed by atoms with Crippen molar-refractivity contribution in [1.29, 1.82) is 0 Å². The first-order valence-corrected chi connectivity index (χ1v) is 9.87. The van der Waals surface area contributed by atoms with Crippen molar-refractivity contribution in [2.45, 2.75) is 20.0 Å². The number of nitrogens with zero attached hydrogens (tertiary/aromatic N) is 4. The molecule has 0 aliphatic carbocycles. The van der Waals surface area contributed by atoms with Crippen LogP contribution in [0.4, 0.5) is 5.82 Å². The number of rotatable bonds is 5. The molecule has 0 aliphatic rings. The fraction of sp³-hybridized carbons (Fsp3) is 0.136. The van der Waals surface area contributed by atoms with Gasteiger partial charge in [-0.25, -0.2) is 4.98 Å². The molecule has 4 aromatic heterocycles. The molecule has 4 aromatic rings. The predicted molar refractivity (Wildman–Crippen MR) is 119 cm³/mol. The summed E-state index contributed by atoms with van der Waals surface area (Å²) in [6, 6.07) is 8.24. The maximum atomic E-state index is 12.6. The van der Waals surface area contributed by atoms with Crippen LogP contribution in [0.25, 0.3) is 10.9 Å². The number of aryl methyl sites for hydroxylation is 1. The Morgan fingerprint density at radius 3 is 2.81 bits per heavy atom. The fourth-order valence-electron chi connectivity index (χ4n) is 3.19. The second-order valence-electron chi connectivity index (χ2n) is 7.12. The Bertz CT molecular complexity index is 1350. The molecule has 4 heterocycles. The molecule has 156 valence electrons. The first kappa shape index (κ1) is 20.5. The lowest BCUT2D eigenvalue weighted by molar-refractivity contribution is 0.0950. The summed E-state index contributed by atoms with van der Waals surface area (Å²) in [5, 5.41) is 4.10. The highest BCUT2D eigenvalue weighted by Gasteiger charge is 2.10. The number of aromatic nitrogens is 4. The van der Waals surface area contributed by atoms with Gasteiger partial charge in [0.25, 0.3) is 11.5 Å². The summed E-state index contributed by atoms with van der Waals surface area (Å²) in [7, 11) is 0. The molecule has 1 amide bonds. The molecular formula is C22H19ClN6O2. The van der Waals surface area contributed by atoms with E-state index in [1.54, 1.807) is 42.9 Å². The highest BCUT2D eigenvalue weighted by atomic mass is 35.5. The third-order valence-corrected chi connectivity index (χ3v) is 5.05. The van der Waals surface area contributed by atoms with E-state index in [-0.39, 0.29) is 18.0 Å². The average molecular weight is 435 g/mol. The van der Waals surface area contributed by atoms with Gasteiger partial charge in [-0.2, -0.15) is 0 Å².